The maximum Gasteiger partial charge on any atom is 0.271 e. The van der Waals surface area contributed by atoms with Gasteiger partial charge in [0.25, 0.3) is 11.5 Å². The Balaban J connectivity index is 2.25. The van der Waals surface area contributed by atoms with Crippen LogP contribution in [-0.4, -0.2) is 35.9 Å². The molecule has 0 radical (unpaired) electrons. The smallest absolute Gasteiger partial charge is 0.271 e. The van der Waals surface area contributed by atoms with E-state index in [2.05, 4.69) is 10.4 Å². The molecule has 2 aromatic rings. The molecule has 0 spiro atoms. The van der Waals surface area contributed by atoms with Crippen LogP contribution in [0.2, 0.25) is 0 Å². The lowest BCUT2D eigenvalue weighted by molar-refractivity contribution is 0.0930. The number of methoxy groups -OCH3 is 1. The Hall–Kier alpha value is -2.47. The molecule has 0 saturated carbocycles. The Labute approximate surface area is 116 Å². The first-order chi connectivity index (χ1) is 9.72. The van der Waals surface area contributed by atoms with Crippen LogP contribution >= 0.6 is 0 Å². The van der Waals surface area contributed by atoms with Crippen LogP contribution in [0.3, 0.4) is 0 Å². The van der Waals surface area contributed by atoms with E-state index >= 15 is 0 Å². The highest BCUT2D eigenvalue weighted by Gasteiger charge is 2.09. The van der Waals surface area contributed by atoms with Gasteiger partial charge in [0.05, 0.1) is 12.3 Å². The minimum Gasteiger partial charge on any atom is -0.383 e. The third-order valence-corrected chi connectivity index (χ3v) is 2.63. The minimum atomic E-state index is -0.341. The van der Waals surface area contributed by atoms with Gasteiger partial charge in [-0.25, -0.2) is 0 Å². The van der Waals surface area contributed by atoms with Crippen molar-refractivity contribution < 1.29 is 9.53 Å². The molecule has 20 heavy (non-hydrogen) atoms. The van der Waals surface area contributed by atoms with Gasteiger partial charge in [-0.05, 0) is 18.2 Å². The fourth-order valence-electron chi connectivity index (χ4n) is 1.64. The highest BCUT2D eigenvalue weighted by molar-refractivity contribution is 5.92. The van der Waals surface area contributed by atoms with Gasteiger partial charge < -0.3 is 10.1 Å². The van der Waals surface area contributed by atoms with Crippen LogP contribution in [0.15, 0.2) is 47.3 Å². The normalized spacial score (nSPS) is 10.2. The van der Waals surface area contributed by atoms with Crippen LogP contribution in [0.4, 0.5) is 0 Å². The summed E-state index contributed by atoms with van der Waals surface area (Å²) in [6.07, 6.45) is 0. The number of hydrogen-bond acceptors (Lipinski definition) is 4. The number of nitrogens with zero attached hydrogens (tertiary/aromatic N) is 2. The monoisotopic (exact) mass is 273 g/mol. The molecule has 0 aliphatic carbocycles. The van der Waals surface area contributed by atoms with Crippen LogP contribution in [0, 0.1) is 0 Å². The van der Waals surface area contributed by atoms with Crippen molar-refractivity contribution in [1.82, 2.24) is 15.1 Å². The van der Waals surface area contributed by atoms with Crippen LogP contribution < -0.4 is 10.9 Å². The minimum absolute atomic E-state index is 0.185. The lowest BCUT2D eigenvalue weighted by atomic mass is 10.3. The summed E-state index contributed by atoms with van der Waals surface area (Å²) >= 11 is 0. The molecule has 1 N–H and O–H groups in total. The van der Waals surface area contributed by atoms with Crippen molar-refractivity contribution in [1.29, 1.82) is 0 Å². The van der Waals surface area contributed by atoms with E-state index in [-0.39, 0.29) is 17.2 Å². The predicted octanol–water partition coefficient (Wildman–Crippen LogP) is 0.609. The quantitative estimate of drug-likeness (QED) is 0.810. The number of ether oxygens (including phenoxy) is 1. The Morgan fingerprint density at radius 2 is 2.00 bits per heavy atom. The van der Waals surface area contributed by atoms with Crippen LogP contribution in [0.1, 0.15) is 10.5 Å². The summed E-state index contributed by atoms with van der Waals surface area (Å²) in [6.45, 7) is 0.811. The van der Waals surface area contributed by atoms with Crippen molar-refractivity contribution in [2.75, 3.05) is 20.3 Å². The molecule has 0 aliphatic rings. The van der Waals surface area contributed by atoms with Crippen molar-refractivity contribution in [3.63, 3.8) is 0 Å². The van der Waals surface area contributed by atoms with E-state index in [4.69, 9.17) is 4.74 Å². The number of benzene rings is 1. The zero-order valence-electron chi connectivity index (χ0n) is 11.1. The van der Waals surface area contributed by atoms with Crippen LogP contribution in [-0.2, 0) is 4.74 Å². The van der Waals surface area contributed by atoms with Crippen LogP contribution in [0.25, 0.3) is 5.69 Å². The number of amides is 1. The molecular weight excluding hydrogens is 258 g/mol. The molecule has 0 fully saturated rings. The molecule has 104 valence electrons. The van der Waals surface area contributed by atoms with Gasteiger partial charge in [0.1, 0.15) is 5.69 Å². The highest BCUT2D eigenvalue weighted by atomic mass is 16.5. The maximum absolute atomic E-state index is 11.9. The fourth-order valence-corrected chi connectivity index (χ4v) is 1.64. The van der Waals surface area contributed by atoms with Gasteiger partial charge >= 0.3 is 0 Å². The van der Waals surface area contributed by atoms with Gasteiger partial charge in [-0.1, -0.05) is 18.2 Å². The lowest BCUT2D eigenvalue weighted by Gasteiger charge is -2.07. The van der Waals surface area contributed by atoms with Gasteiger partial charge in [-0.2, -0.15) is 9.78 Å². The summed E-state index contributed by atoms with van der Waals surface area (Å²) in [5, 5.41) is 6.73. The SMILES string of the molecule is COCCNC(=O)c1ccc(=O)n(-c2ccccc2)n1. The number of para-hydroxylation sites is 1. The third-order valence-electron chi connectivity index (χ3n) is 2.63. The number of hydrogen-bond donors (Lipinski definition) is 1. The molecule has 0 saturated heterocycles. The van der Waals surface area contributed by atoms with Crippen molar-refractivity contribution >= 4 is 5.91 Å². The molecule has 2 rings (SSSR count). The van der Waals surface area contributed by atoms with Gasteiger partial charge in [-0.15, -0.1) is 0 Å². The van der Waals surface area contributed by atoms with Gasteiger partial charge in [-0.3, -0.25) is 9.59 Å². The predicted molar refractivity (Wildman–Crippen MR) is 74.0 cm³/mol. The van der Waals surface area contributed by atoms with Crippen LogP contribution in [0.5, 0.6) is 0 Å². The zero-order valence-corrected chi connectivity index (χ0v) is 11.1. The first-order valence-corrected chi connectivity index (χ1v) is 6.15. The van der Waals surface area contributed by atoms with E-state index in [0.717, 1.165) is 0 Å². The average Bonchev–Trinajstić information content (AvgIpc) is 2.49. The van der Waals surface area contributed by atoms with E-state index in [9.17, 15) is 9.59 Å². The summed E-state index contributed by atoms with van der Waals surface area (Å²) in [6, 6.07) is 11.7. The maximum atomic E-state index is 11.9. The molecule has 0 unspecified atom stereocenters. The summed E-state index contributed by atoms with van der Waals surface area (Å²) < 4.78 is 6.05. The third kappa shape index (κ3) is 3.30. The summed E-state index contributed by atoms with van der Waals surface area (Å²) in [4.78, 5) is 23.7. The Morgan fingerprint density at radius 3 is 2.70 bits per heavy atom. The highest BCUT2D eigenvalue weighted by Crippen LogP contribution is 2.02. The molecule has 1 amide bonds. The van der Waals surface area contributed by atoms with Crippen molar-refractivity contribution in [2.45, 2.75) is 0 Å². The number of carbonyl (C=O) groups is 1. The van der Waals surface area contributed by atoms with E-state index in [1.54, 1.807) is 31.4 Å². The topological polar surface area (TPSA) is 73.2 Å². The zero-order chi connectivity index (χ0) is 14.4. The van der Waals surface area contributed by atoms with E-state index in [1.807, 2.05) is 6.07 Å². The molecule has 1 aromatic carbocycles. The van der Waals surface area contributed by atoms with Crippen molar-refractivity contribution in [3.8, 4) is 5.69 Å². The number of aromatic nitrogens is 2. The van der Waals surface area contributed by atoms with Crippen molar-refractivity contribution in [2.24, 2.45) is 0 Å². The number of carbonyl (C=O) groups excluding carboxylic acids is 1. The van der Waals surface area contributed by atoms with Gasteiger partial charge in [0.15, 0.2) is 0 Å². The average molecular weight is 273 g/mol. The second kappa shape index (κ2) is 6.63. The van der Waals surface area contributed by atoms with E-state index < -0.39 is 0 Å². The fraction of sp³-hybridized carbons (Fsp3) is 0.214. The molecule has 0 bridgehead atoms. The van der Waals surface area contributed by atoms with Gasteiger partial charge in [0.2, 0.25) is 0 Å². The Bertz CT molecular complexity index is 638. The molecule has 0 atom stereocenters. The molecule has 0 aliphatic heterocycles. The summed E-state index contributed by atoms with van der Waals surface area (Å²) in [7, 11) is 1.56. The molecule has 6 heteroatoms. The molecule has 1 aromatic heterocycles. The second-order valence-electron chi connectivity index (χ2n) is 4.05. The van der Waals surface area contributed by atoms with E-state index in [0.29, 0.717) is 18.8 Å². The first kappa shape index (κ1) is 14.0. The first-order valence-electron chi connectivity index (χ1n) is 6.15. The summed E-state index contributed by atoms with van der Waals surface area (Å²) in [5.41, 5.74) is 0.512. The number of nitrogens with one attached hydrogen (secondary N) is 1. The second-order valence-corrected chi connectivity index (χ2v) is 4.05. The molecule has 6 nitrogen and oxygen atoms in total. The summed E-state index contributed by atoms with van der Waals surface area (Å²) in [5.74, 6) is -0.341. The molecule has 1 heterocycles. The standard InChI is InChI=1S/C14H15N3O3/c1-20-10-9-15-14(19)12-7-8-13(18)17(16-12)11-5-3-2-4-6-11/h2-8H,9-10H2,1H3,(H,15,19). The van der Waals surface area contributed by atoms with E-state index in [1.165, 1.54) is 16.8 Å². The van der Waals surface area contributed by atoms with Crippen molar-refractivity contribution in [3.05, 3.63) is 58.5 Å². The van der Waals surface area contributed by atoms with Gasteiger partial charge in [0, 0.05) is 19.7 Å². The lowest BCUT2D eigenvalue weighted by Crippen LogP contribution is -2.30. The largest absolute Gasteiger partial charge is 0.383 e. The Morgan fingerprint density at radius 1 is 1.25 bits per heavy atom. The number of rotatable bonds is 5. The Kier molecular flexibility index (Phi) is 4.62. The molecular formula is C14H15N3O3.